The number of carbonyl (C=O) groups is 1. The maximum Gasteiger partial charge on any atom is 0.437 e. The summed E-state index contributed by atoms with van der Waals surface area (Å²) in [6.07, 6.45) is 0.793. The van der Waals surface area contributed by atoms with Crippen molar-refractivity contribution < 1.29 is 9.21 Å². The van der Waals surface area contributed by atoms with E-state index in [1.807, 2.05) is 39.0 Å². The van der Waals surface area contributed by atoms with Gasteiger partial charge < -0.3 is 9.73 Å². The summed E-state index contributed by atoms with van der Waals surface area (Å²) < 4.78 is 6.11. The van der Waals surface area contributed by atoms with Crippen molar-refractivity contribution in [2.24, 2.45) is 0 Å². The predicted octanol–water partition coefficient (Wildman–Crippen LogP) is 1.81. The third-order valence-electron chi connectivity index (χ3n) is 3.28. The Kier molecular flexibility index (Phi) is 4.26. The Morgan fingerprint density at radius 3 is 2.62 bits per heavy atom. The molecular weight excluding hydrogens is 270 g/mol. The van der Waals surface area contributed by atoms with Crippen molar-refractivity contribution in [3.8, 4) is 11.5 Å². The molecule has 112 valence electrons. The molecule has 2 aromatic rings. The third-order valence-corrected chi connectivity index (χ3v) is 3.28. The minimum absolute atomic E-state index is 0.154. The number of amides is 1. The van der Waals surface area contributed by atoms with Crippen LogP contribution in [0.4, 0.5) is 0 Å². The lowest BCUT2D eigenvalue weighted by Gasteiger charge is -2.24. The van der Waals surface area contributed by atoms with Crippen molar-refractivity contribution in [1.82, 2.24) is 15.1 Å². The van der Waals surface area contributed by atoms with Crippen LogP contribution in [0.3, 0.4) is 0 Å². The molecule has 1 aromatic heterocycles. The van der Waals surface area contributed by atoms with Gasteiger partial charge in [0.2, 0.25) is 11.8 Å². The average molecular weight is 289 g/mol. The van der Waals surface area contributed by atoms with Crippen LogP contribution in [0.25, 0.3) is 11.5 Å². The van der Waals surface area contributed by atoms with Gasteiger partial charge in [0, 0.05) is 11.1 Å². The van der Waals surface area contributed by atoms with Crippen LogP contribution in [-0.2, 0) is 11.3 Å². The number of hydrogen-bond donors (Lipinski definition) is 1. The third kappa shape index (κ3) is 3.81. The summed E-state index contributed by atoms with van der Waals surface area (Å²) in [5.41, 5.74) is 0.384. The molecular formula is C15H19N3O3. The van der Waals surface area contributed by atoms with Crippen molar-refractivity contribution in [3.63, 3.8) is 0 Å². The van der Waals surface area contributed by atoms with Crippen molar-refractivity contribution >= 4 is 5.91 Å². The Bertz CT molecular complexity index is 671. The number of nitrogens with zero attached hydrogens (tertiary/aromatic N) is 2. The molecule has 0 spiro atoms. The molecule has 6 nitrogen and oxygen atoms in total. The Morgan fingerprint density at radius 1 is 1.33 bits per heavy atom. The molecule has 0 radical (unpaired) electrons. The van der Waals surface area contributed by atoms with Crippen molar-refractivity contribution in [1.29, 1.82) is 0 Å². The molecule has 0 saturated carbocycles. The quantitative estimate of drug-likeness (QED) is 0.910. The van der Waals surface area contributed by atoms with E-state index >= 15 is 0 Å². The number of rotatable bonds is 5. The fourth-order valence-corrected chi connectivity index (χ4v) is 1.74. The standard InChI is InChI=1S/C15H19N3O3/c1-4-15(2,3)16-12(19)10-18-14(20)21-13(17-18)11-8-6-5-7-9-11/h5-9H,4,10H2,1-3H3,(H,16,19). The van der Waals surface area contributed by atoms with Gasteiger partial charge in [-0.25, -0.2) is 4.79 Å². The van der Waals surface area contributed by atoms with E-state index in [-0.39, 0.29) is 23.9 Å². The van der Waals surface area contributed by atoms with Crippen LogP contribution in [-0.4, -0.2) is 21.2 Å². The van der Waals surface area contributed by atoms with Gasteiger partial charge in [0.25, 0.3) is 0 Å². The first kappa shape index (κ1) is 15.0. The van der Waals surface area contributed by atoms with E-state index in [2.05, 4.69) is 10.4 Å². The first-order valence-corrected chi connectivity index (χ1v) is 6.85. The topological polar surface area (TPSA) is 77.1 Å². The van der Waals surface area contributed by atoms with E-state index < -0.39 is 5.76 Å². The molecule has 0 aliphatic carbocycles. The van der Waals surface area contributed by atoms with Crippen LogP contribution in [0.15, 0.2) is 39.5 Å². The van der Waals surface area contributed by atoms with Crippen LogP contribution in [0.5, 0.6) is 0 Å². The minimum atomic E-state index is -0.640. The largest absolute Gasteiger partial charge is 0.437 e. The highest BCUT2D eigenvalue weighted by atomic mass is 16.4. The summed E-state index contributed by atoms with van der Waals surface area (Å²) in [5.74, 6) is -0.696. The zero-order chi connectivity index (χ0) is 15.5. The zero-order valence-corrected chi connectivity index (χ0v) is 12.4. The molecule has 21 heavy (non-hydrogen) atoms. The first-order chi connectivity index (χ1) is 9.91. The molecule has 0 aliphatic heterocycles. The summed E-state index contributed by atoms with van der Waals surface area (Å²) in [4.78, 5) is 23.7. The van der Waals surface area contributed by atoms with Gasteiger partial charge in [-0.15, -0.1) is 5.10 Å². The maximum atomic E-state index is 11.9. The molecule has 1 aromatic carbocycles. The summed E-state index contributed by atoms with van der Waals surface area (Å²) in [6, 6.07) is 9.08. The lowest BCUT2D eigenvalue weighted by molar-refractivity contribution is -0.123. The van der Waals surface area contributed by atoms with Crippen molar-refractivity contribution in [3.05, 3.63) is 40.9 Å². The maximum absolute atomic E-state index is 11.9. The lowest BCUT2D eigenvalue weighted by Crippen LogP contribution is -2.45. The molecule has 0 fully saturated rings. The van der Waals surface area contributed by atoms with Crippen LogP contribution in [0, 0.1) is 0 Å². The number of hydrogen-bond acceptors (Lipinski definition) is 4. The Hall–Kier alpha value is -2.37. The monoisotopic (exact) mass is 289 g/mol. The van der Waals surface area contributed by atoms with Gasteiger partial charge in [0.1, 0.15) is 6.54 Å². The van der Waals surface area contributed by atoms with E-state index in [1.54, 1.807) is 12.1 Å². The second-order valence-corrected chi connectivity index (χ2v) is 5.48. The normalized spacial score (nSPS) is 11.4. The van der Waals surface area contributed by atoms with Gasteiger partial charge in [0.15, 0.2) is 0 Å². The number of benzene rings is 1. The molecule has 0 atom stereocenters. The summed E-state index contributed by atoms with van der Waals surface area (Å²) in [5, 5.41) is 6.90. The molecule has 1 amide bonds. The second kappa shape index (κ2) is 5.95. The van der Waals surface area contributed by atoms with E-state index in [0.29, 0.717) is 5.56 Å². The van der Waals surface area contributed by atoms with Gasteiger partial charge in [-0.1, -0.05) is 25.1 Å². The molecule has 0 unspecified atom stereocenters. The van der Waals surface area contributed by atoms with Gasteiger partial charge >= 0.3 is 5.76 Å². The van der Waals surface area contributed by atoms with Gasteiger partial charge in [-0.2, -0.15) is 4.68 Å². The Morgan fingerprint density at radius 2 is 2.00 bits per heavy atom. The van der Waals surface area contributed by atoms with E-state index in [0.717, 1.165) is 11.1 Å². The van der Waals surface area contributed by atoms with Crippen LogP contribution < -0.4 is 11.1 Å². The van der Waals surface area contributed by atoms with E-state index in [1.165, 1.54) is 0 Å². The molecule has 0 aliphatic rings. The summed E-state index contributed by atoms with van der Waals surface area (Å²) >= 11 is 0. The van der Waals surface area contributed by atoms with E-state index in [4.69, 9.17) is 4.42 Å². The van der Waals surface area contributed by atoms with Crippen molar-refractivity contribution in [2.75, 3.05) is 0 Å². The number of aromatic nitrogens is 2. The second-order valence-electron chi connectivity index (χ2n) is 5.48. The Balaban J connectivity index is 2.14. The fourth-order valence-electron chi connectivity index (χ4n) is 1.74. The van der Waals surface area contributed by atoms with Gasteiger partial charge in [-0.3, -0.25) is 4.79 Å². The smallest absolute Gasteiger partial charge is 0.388 e. The predicted molar refractivity (Wildman–Crippen MR) is 78.7 cm³/mol. The lowest BCUT2D eigenvalue weighted by atomic mass is 10.0. The molecule has 0 bridgehead atoms. The van der Waals surface area contributed by atoms with Gasteiger partial charge in [0.05, 0.1) is 0 Å². The number of carbonyl (C=O) groups excluding carboxylic acids is 1. The highest BCUT2D eigenvalue weighted by Crippen LogP contribution is 2.14. The van der Waals surface area contributed by atoms with Crippen molar-refractivity contribution in [2.45, 2.75) is 39.3 Å². The van der Waals surface area contributed by atoms with Gasteiger partial charge in [-0.05, 0) is 32.4 Å². The average Bonchev–Trinajstić information content (AvgIpc) is 2.80. The highest BCUT2D eigenvalue weighted by molar-refractivity contribution is 5.76. The molecule has 1 N–H and O–H groups in total. The fraction of sp³-hybridized carbons (Fsp3) is 0.400. The van der Waals surface area contributed by atoms with Crippen LogP contribution >= 0.6 is 0 Å². The number of nitrogens with one attached hydrogen (secondary N) is 1. The summed E-state index contributed by atoms with van der Waals surface area (Å²) in [7, 11) is 0. The SMILES string of the molecule is CCC(C)(C)NC(=O)Cn1nc(-c2ccccc2)oc1=O. The van der Waals surface area contributed by atoms with Crippen LogP contribution in [0.2, 0.25) is 0 Å². The first-order valence-electron chi connectivity index (χ1n) is 6.85. The highest BCUT2D eigenvalue weighted by Gasteiger charge is 2.19. The van der Waals surface area contributed by atoms with Crippen LogP contribution in [0.1, 0.15) is 27.2 Å². The zero-order valence-electron chi connectivity index (χ0n) is 12.4. The molecule has 0 saturated heterocycles. The summed E-state index contributed by atoms with van der Waals surface area (Å²) in [6.45, 7) is 5.67. The minimum Gasteiger partial charge on any atom is -0.388 e. The Labute approximate surface area is 122 Å². The van der Waals surface area contributed by atoms with E-state index in [9.17, 15) is 9.59 Å². The molecule has 1 heterocycles. The molecule has 2 rings (SSSR count). The molecule has 6 heteroatoms.